The summed E-state index contributed by atoms with van der Waals surface area (Å²) in [7, 11) is 0. The third-order valence-electron chi connectivity index (χ3n) is 1.32. The molecule has 0 saturated carbocycles. The largest absolute Gasteiger partial charge is 0.393 e. The average Bonchev–Trinajstić information content (AvgIpc) is 1.87. The number of aliphatic hydroxyl groups excluding tert-OH is 1. The molecule has 0 aromatic carbocycles. The third kappa shape index (κ3) is 3.99. The lowest BCUT2D eigenvalue weighted by Gasteiger charge is -2.06. The predicted octanol–water partition coefficient (Wildman–Crippen LogP) is 1.31. The topological polar surface area (TPSA) is 44.0 Å². The van der Waals surface area contributed by atoms with Crippen molar-refractivity contribution in [2.45, 2.75) is 32.8 Å². The minimum Gasteiger partial charge on any atom is -0.393 e. The van der Waals surface area contributed by atoms with E-state index in [0.29, 0.717) is 6.42 Å². The van der Waals surface area contributed by atoms with Crippen molar-refractivity contribution in [1.29, 1.82) is 5.26 Å². The van der Waals surface area contributed by atoms with Gasteiger partial charge in [-0.05, 0) is 19.8 Å². The van der Waals surface area contributed by atoms with E-state index in [0.717, 1.165) is 6.42 Å². The first-order chi connectivity index (χ1) is 4.20. The molecule has 0 aromatic rings. The molecule has 0 saturated heterocycles. The van der Waals surface area contributed by atoms with Gasteiger partial charge in [0.25, 0.3) is 0 Å². The minimum atomic E-state index is -0.292. The molecule has 9 heavy (non-hydrogen) atoms. The first kappa shape index (κ1) is 8.45. The minimum absolute atomic E-state index is 0.0139. The molecule has 0 bridgehead atoms. The van der Waals surface area contributed by atoms with Crippen LogP contribution in [-0.2, 0) is 0 Å². The number of aliphatic hydroxyl groups is 1. The molecule has 0 aromatic heterocycles. The van der Waals surface area contributed by atoms with Crippen LogP contribution in [0.5, 0.6) is 0 Å². The second-order valence-electron chi connectivity index (χ2n) is 2.33. The zero-order chi connectivity index (χ0) is 7.28. The van der Waals surface area contributed by atoms with Crippen LogP contribution in [0.2, 0.25) is 0 Å². The Morgan fingerprint density at radius 2 is 2.22 bits per heavy atom. The Morgan fingerprint density at radius 3 is 2.56 bits per heavy atom. The highest BCUT2D eigenvalue weighted by Crippen LogP contribution is 2.06. The highest BCUT2D eigenvalue weighted by Gasteiger charge is 2.05. The van der Waals surface area contributed by atoms with Crippen LogP contribution in [0.15, 0.2) is 0 Å². The number of rotatable bonds is 3. The van der Waals surface area contributed by atoms with Gasteiger partial charge >= 0.3 is 0 Å². The quantitative estimate of drug-likeness (QED) is 0.621. The molecule has 0 amide bonds. The van der Waals surface area contributed by atoms with Crippen molar-refractivity contribution in [3.63, 3.8) is 0 Å². The molecule has 52 valence electrons. The Morgan fingerprint density at radius 1 is 1.67 bits per heavy atom. The SMILES string of the molecule is CC[C@@H](O)C[C@@H](C)C#N. The summed E-state index contributed by atoms with van der Waals surface area (Å²) >= 11 is 0. The van der Waals surface area contributed by atoms with Gasteiger partial charge in [-0.2, -0.15) is 5.26 Å². The fourth-order valence-electron chi connectivity index (χ4n) is 0.627. The van der Waals surface area contributed by atoms with Crippen LogP contribution < -0.4 is 0 Å². The molecule has 0 unspecified atom stereocenters. The molecule has 0 spiro atoms. The van der Waals surface area contributed by atoms with Gasteiger partial charge in [0.2, 0.25) is 0 Å². The molecule has 2 nitrogen and oxygen atoms in total. The van der Waals surface area contributed by atoms with Crippen molar-refractivity contribution >= 4 is 0 Å². The summed E-state index contributed by atoms with van der Waals surface area (Å²) in [5.41, 5.74) is 0. The van der Waals surface area contributed by atoms with Crippen molar-refractivity contribution in [1.82, 2.24) is 0 Å². The standard InChI is InChI=1S/C7H13NO/c1-3-7(9)4-6(2)5-8/h6-7,9H,3-4H2,1-2H3/t6-,7-/m1/s1. The Kier molecular flexibility index (Phi) is 4.08. The second kappa shape index (κ2) is 4.34. The fourth-order valence-corrected chi connectivity index (χ4v) is 0.627. The lowest BCUT2D eigenvalue weighted by Crippen LogP contribution is -2.08. The molecule has 0 aliphatic heterocycles. The van der Waals surface area contributed by atoms with E-state index in [9.17, 15) is 0 Å². The lowest BCUT2D eigenvalue weighted by molar-refractivity contribution is 0.150. The Balaban J connectivity index is 3.37. The summed E-state index contributed by atoms with van der Waals surface area (Å²) in [6, 6.07) is 2.07. The van der Waals surface area contributed by atoms with Gasteiger partial charge in [0.05, 0.1) is 12.2 Å². The van der Waals surface area contributed by atoms with Crippen molar-refractivity contribution in [2.75, 3.05) is 0 Å². The van der Waals surface area contributed by atoms with Gasteiger partial charge in [-0.1, -0.05) is 6.92 Å². The molecule has 0 aliphatic rings. The van der Waals surface area contributed by atoms with E-state index in [-0.39, 0.29) is 12.0 Å². The highest BCUT2D eigenvalue weighted by atomic mass is 16.3. The van der Waals surface area contributed by atoms with E-state index in [1.807, 2.05) is 13.8 Å². The van der Waals surface area contributed by atoms with Gasteiger partial charge in [-0.15, -0.1) is 0 Å². The third-order valence-corrected chi connectivity index (χ3v) is 1.32. The number of nitriles is 1. The maximum Gasteiger partial charge on any atom is 0.0653 e. The predicted molar refractivity (Wildman–Crippen MR) is 35.7 cm³/mol. The van der Waals surface area contributed by atoms with Crippen molar-refractivity contribution < 1.29 is 5.11 Å². The second-order valence-corrected chi connectivity index (χ2v) is 2.33. The summed E-state index contributed by atoms with van der Waals surface area (Å²) in [4.78, 5) is 0. The van der Waals surface area contributed by atoms with Crippen LogP contribution >= 0.6 is 0 Å². The summed E-state index contributed by atoms with van der Waals surface area (Å²) in [6.07, 6.45) is 1.05. The van der Waals surface area contributed by atoms with E-state index < -0.39 is 0 Å². The van der Waals surface area contributed by atoms with Gasteiger partial charge in [-0.25, -0.2) is 0 Å². The number of hydrogen-bond donors (Lipinski definition) is 1. The van der Waals surface area contributed by atoms with Crippen LogP contribution in [0.25, 0.3) is 0 Å². The molecular weight excluding hydrogens is 114 g/mol. The molecule has 0 heterocycles. The van der Waals surface area contributed by atoms with E-state index in [2.05, 4.69) is 6.07 Å². The highest BCUT2D eigenvalue weighted by molar-refractivity contribution is 4.80. The van der Waals surface area contributed by atoms with Crippen LogP contribution in [0, 0.1) is 17.2 Å². The smallest absolute Gasteiger partial charge is 0.0653 e. The lowest BCUT2D eigenvalue weighted by atomic mass is 10.0. The van der Waals surface area contributed by atoms with E-state index in [1.165, 1.54) is 0 Å². The van der Waals surface area contributed by atoms with Crippen LogP contribution in [0.1, 0.15) is 26.7 Å². The van der Waals surface area contributed by atoms with Gasteiger partial charge in [-0.3, -0.25) is 0 Å². The van der Waals surface area contributed by atoms with E-state index in [4.69, 9.17) is 10.4 Å². The van der Waals surface area contributed by atoms with E-state index >= 15 is 0 Å². The van der Waals surface area contributed by atoms with Crippen LogP contribution in [0.3, 0.4) is 0 Å². The Hall–Kier alpha value is -0.550. The van der Waals surface area contributed by atoms with Gasteiger partial charge in [0.1, 0.15) is 0 Å². The number of hydrogen-bond acceptors (Lipinski definition) is 2. The monoisotopic (exact) mass is 127 g/mol. The average molecular weight is 127 g/mol. The first-order valence-corrected chi connectivity index (χ1v) is 3.28. The molecule has 0 fully saturated rings. The summed E-state index contributed by atoms with van der Waals surface area (Å²) in [6.45, 7) is 3.73. The Bertz CT molecular complexity index is 106. The maximum absolute atomic E-state index is 9.01. The molecule has 0 rings (SSSR count). The van der Waals surface area contributed by atoms with Gasteiger partial charge in [0.15, 0.2) is 0 Å². The number of nitrogens with zero attached hydrogens (tertiary/aromatic N) is 1. The van der Waals surface area contributed by atoms with Gasteiger partial charge in [0, 0.05) is 5.92 Å². The molecule has 1 N–H and O–H groups in total. The summed E-state index contributed by atoms with van der Waals surface area (Å²) in [5.74, 6) is -0.0139. The summed E-state index contributed by atoms with van der Waals surface area (Å²) in [5, 5.41) is 17.3. The van der Waals surface area contributed by atoms with Crippen molar-refractivity contribution in [3.05, 3.63) is 0 Å². The maximum atomic E-state index is 9.01. The van der Waals surface area contributed by atoms with Crippen molar-refractivity contribution in [2.24, 2.45) is 5.92 Å². The molecule has 2 heteroatoms. The molecule has 0 aliphatic carbocycles. The Labute approximate surface area is 56.1 Å². The molecule has 2 atom stereocenters. The molecule has 0 radical (unpaired) electrons. The fraction of sp³-hybridized carbons (Fsp3) is 0.857. The van der Waals surface area contributed by atoms with Crippen molar-refractivity contribution in [3.8, 4) is 6.07 Å². The van der Waals surface area contributed by atoms with Crippen LogP contribution in [-0.4, -0.2) is 11.2 Å². The summed E-state index contributed by atoms with van der Waals surface area (Å²) < 4.78 is 0. The first-order valence-electron chi connectivity index (χ1n) is 3.28. The van der Waals surface area contributed by atoms with Gasteiger partial charge < -0.3 is 5.11 Å². The zero-order valence-corrected chi connectivity index (χ0v) is 5.96. The molecular formula is C7H13NO. The normalized spacial score (nSPS) is 16.2. The van der Waals surface area contributed by atoms with Crippen LogP contribution in [0.4, 0.5) is 0 Å². The zero-order valence-electron chi connectivity index (χ0n) is 5.96. The van der Waals surface area contributed by atoms with E-state index in [1.54, 1.807) is 0 Å².